The van der Waals surface area contributed by atoms with Crippen molar-refractivity contribution in [3.63, 3.8) is 0 Å². The van der Waals surface area contributed by atoms with Crippen molar-refractivity contribution < 1.29 is 24.7 Å². The summed E-state index contributed by atoms with van der Waals surface area (Å²) in [5.41, 5.74) is 5.17. The van der Waals surface area contributed by atoms with E-state index in [1.165, 1.54) is 40.1 Å². The lowest BCUT2D eigenvalue weighted by atomic mass is 9.86. The van der Waals surface area contributed by atoms with Crippen LogP contribution in [0.15, 0.2) is 32.6 Å². The van der Waals surface area contributed by atoms with Gasteiger partial charge < -0.3 is 21.4 Å². The first-order chi connectivity index (χ1) is 15.8. The van der Waals surface area contributed by atoms with Gasteiger partial charge in [0.1, 0.15) is 23.8 Å². The largest absolute Gasteiger partial charge is 0.477 e. The second-order valence-electron chi connectivity index (χ2n) is 6.96. The van der Waals surface area contributed by atoms with E-state index in [1.54, 1.807) is 0 Å². The molecule has 3 atom stereocenters. The van der Waals surface area contributed by atoms with Crippen LogP contribution in [-0.2, 0) is 14.4 Å². The lowest BCUT2D eigenvalue weighted by Crippen LogP contribution is -2.72. The Morgan fingerprint density at radius 3 is 2.85 bits per heavy atom. The van der Waals surface area contributed by atoms with E-state index in [-0.39, 0.29) is 26.8 Å². The average molecular weight is 511 g/mol. The Hall–Kier alpha value is -3.11. The number of aliphatic carboxylic acids is 1. The molecular formula is C17H18N8O5S3. The van der Waals surface area contributed by atoms with Gasteiger partial charge in [0.25, 0.3) is 11.8 Å². The van der Waals surface area contributed by atoms with Crippen molar-refractivity contribution in [1.82, 2.24) is 30.4 Å². The van der Waals surface area contributed by atoms with E-state index in [2.05, 4.69) is 30.6 Å². The third-order valence-electron chi connectivity index (χ3n) is 4.94. The Kier molecular flexibility index (Phi) is 6.57. The number of thiazole rings is 1. The fraction of sp³-hybridized carbons (Fsp3) is 0.353. The van der Waals surface area contributed by atoms with Gasteiger partial charge >= 0.3 is 5.97 Å². The van der Waals surface area contributed by atoms with Crippen LogP contribution in [-0.4, -0.2) is 75.5 Å². The summed E-state index contributed by atoms with van der Waals surface area (Å²) >= 11 is 3.80. The molecular weight excluding hydrogens is 492 g/mol. The van der Waals surface area contributed by atoms with Gasteiger partial charge in [0.15, 0.2) is 16.0 Å². The summed E-state index contributed by atoms with van der Waals surface area (Å²) in [7, 11) is 0. The van der Waals surface area contributed by atoms with Gasteiger partial charge in [-0.25, -0.2) is 14.8 Å². The van der Waals surface area contributed by atoms with E-state index >= 15 is 0 Å². The number of β-lactam (4-membered cyclic amide) rings is 1. The zero-order valence-electron chi connectivity index (χ0n) is 17.0. The second-order valence-corrected chi connectivity index (χ2v) is 10.9. The molecule has 4 rings (SSSR count). The second kappa shape index (κ2) is 9.40. The number of anilines is 1. The normalized spacial score (nSPS) is 21.4. The van der Waals surface area contributed by atoms with Crippen molar-refractivity contribution in [2.75, 3.05) is 5.73 Å². The highest BCUT2D eigenvalue weighted by Crippen LogP contribution is 2.44. The topological polar surface area (TPSA) is 200 Å². The highest BCUT2D eigenvalue weighted by Gasteiger charge is 2.54. The molecule has 2 amide bonds. The van der Waals surface area contributed by atoms with Crippen molar-refractivity contribution in [2.24, 2.45) is 5.16 Å². The minimum absolute atomic E-state index is 0.0767. The van der Waals surface area contributed by atoms with Gasteiger partial charge in [-0.15, -0.1) is 23.1 Å². The molecule has 0 radical (unpaired) electrons. The van der Waals surface area contributed by atoms with Gasteiger partial charge in [-0.2, -0.15) is 5.10 Å². The number of nitrogens with zero attached hydrogens (tertiary/aromatic N) is 5. The predicted molar refractivity (Wildman–Crippen MR) is 121 cm³/mol. The van der Waals surface area contributed by atoms with Crippen molar-refractivity contribution in [3.05, 3.63) is 28.0 Å². The lowest BCUT2D eigenvalue weighted by molar-refractivity contribution is -0.155. The van der Waals surface area contributed by atoms with Gasteiger partial charge in [0.2, 0.25) is 0 Å². The van der Waals surface area contributed by atoms with Gasteiger partial charge in [-0.1, -0.05) is 16.9 Å². The fourth-order valence-electron chi connectivity index (χ4n) is 3.59. The summed E-state index contributed by atoms with van der Waals surface area (Å²) in [5.74, 6) is -2.57. The summed E-state index contributed by atoms with van der Waals surface area (Å²) in [4.78, 5) is 47.2. The van der Waals surface area contributed by atoms with Crippen LogP contribution in [0.3, 0.4) is 0 Å². The number of carbonyl (C=O) groups is 3. The molecule has 4 heterocycles. The van der Waals surface area contributed by atoms with Gasteiger partial charge in [-0.05, 0) is 19.8 Å². The Labute approximate surface area is 198 Å². The van der Waals surface area contributed by atoms with Crippen molar-refractivity contribution in [3.8, 4) is 0 Å². The molecule has 174 valence electrons. The maximum absolute atomic E-state index is 12.8. The molecule has 0 aromatic carbocycles. The number of H-pyrrole nitrogens is 1. The van der Waals surface area contributed by atoms with E-state index in [0.717, 1.165) is 11.3 Å². The number of carbonyl (C=O) groups excluding carboxylic acids is 2. The van der Waals surface area contributed by atoms with Crippen molar-refractivity contribution in [2.45, 2.75) is 41.6 Å². The average Bonchev–Trinajstić information content (AvgIpc) is 3.43. The molecule has 0 spiro atoms. The van der Waals surface area contributed by atoms with Crippen LogP contribution >= 0.6 is 34.9 Å². The Balaban J connectivity index is 1.47. The maximum Gasteiger partial charge on any atom is 0.353 e. The Bertz CT molecular complexity index is 1150. The summed E-state index contributed by atoms with van der Waals surface area (Å²) in [6.07, 6.45) is 2.28. The number of thioether (sulfide) groups is 2. The molecule has 6 N–H and O–H groups in total. The number of carboxylic acids is 1. The van der Waals surface area contributed by atoms with Crippen LogP contribution in [0, 0.1) is 0 Å². The molecule has 2 aliphatic heterocycles. The van der Waals surface area contributed by atoms with Crippen LogP contribution < -0.4 is 11.1 Å². The summed E-state index contributed by atoms with van der Waals surface area (Å²) in [6, 6.07) is -1.46. The first-order valence-corrected chi connectivity index (χ1v) is 12.2. The molecule has 1 unspecified atom stereocenters. The van der Waals surface area contributed by atoms with E-state index in [4.69, 9.17) is 5.73 Å². The van der Waals surface area contributed by atoms with Gasteiger partial charge in [-0.3, -0.25) is 19.6 Å². The standard InChI is InChI=1S/C17H18N8O5S3/c1-6(33-17-19-5-20-23-17)32-9-3-2-8-11(14(27)25(8)12(9)15(28)29)22-13(26)10(24-30)7-4-31-16(18)21-7/h4-6,8,11,30H,2-3H2,1H3,(H2,18,21)(H,22,26)(H,28,29)(H,19,20,23)/b24-10-/t6?,8-,11-/m0/s1. The number of nitrogens with one attached hydrogen (secondary N) is 2. The first-order valence-electron chi connectivity index (χ1n) is 9.52. The maximum atomic E-state index is 12.8. The molecule has 1 saturated heterocycles. The van der Waals surface area contributed by atoms with Crippen LogP contribution in [0.4, 0.5) is 5.13 Å². The summed E-state index contributed by atoms with van der Waals surface area (Å²) in [6.45, 7) is 1.90. The third-order valence-corrected chi connectivity index (χ3v) is 7.96. The smallest absolute Gasteiger partial charge is 0.353 e. The molecule has 1 fully saturated rings. The number of aromatic nitrogens is 4. The zero-order chi connectivity index (χ0) is 23.7. The number of aromatic amines is 1. The van der Waals surface area contributed by atoms with Crippen LogP contribution in [0.1, 0.15) is 25.5 Å². The van der Waals surface area contributed by atoms with E-state index in [0.29, 0.717) is 22.9 Å². The number of fused-ring (bicyclic) bond motifs is 1. The molecule has 13 nitrogen and oxygen atoms in total. The van der Waals surface area contributed by atoms with Gasteiger partial charge in [0.05, 0.1) is 10.6 Å². The number of nitrogen functional groups attached to an aromatic ring is 1. The first kappa shape index (κ1) is 23.1. The number of hydrogen-bond acceptors (Lipinski definition) is 12. The summed E-state index contributed by atoms with van der Waals surface area (Å²) in [5, 5.41) is 33.3. The number of nitrogens with two attached hydrogens (primary N) is 1. The number of carboxylic acid groups (broad SMARTS) is 1. The third kappa shape index (κ3) is 4.53. The zero-order valence-corrected chi connectivity index (χ0v) is 19.4. The minimum atomic E-state index is -1.22. The molecule has 0 bridgehead atoms. The molecule has 2 aromatic rings. The van der Waals surface area contributed by atoms with Crippen molar-refractivity contribution >= 4 is 63.5 Å². The van der Waals surface area contributed by atoms with E-state index in [9.17, 15) is 24.7 Å². The summed E-state index contributed by atoms with van der Waals surface area (Å²) < 4.78 is -0.0837. The van der Waals surface area contributed by atoms with Gasteiger partial charge in [0, 0.05) is 10.3 Å². The Morgan fingerprint density at radius 1 is 1.45 bits per heavy atom. The molecule has 0 aliphatic carbocycles. The van der Waals surface area contributed by atoms with E-state index < -0.39 is 29.9 Å². The highest BCUT2D eigenvalue weighted by molar-refractivity contribution is 8.18. The number of oxime groups is 1. The molecule has 2 aromatic heterocycles. The fourth-order valence-corrected chi connectivity index (χ4v) is 6.42. The number of amides is 2. The molecule has 0 saturated carbocycles. The van der Waals surface area contributed by atoms with Crippen LogP contribution in [0.25, 0.3) is 0 Å². The van der Waals surface area contributed by atoms with Crippen LogP contribution in [0.2, 0.25) is 0 Å². The molecule has 16 heteroatoms. The monoisotopic (exact) mass is 510 g/mol. The number of allylic oxidation sites excluding steroid dienone is 1. The SMILES string of the molecule is CC(SC1=C(C(=O)O)N2C(=O)[C@@H](NC(=O)/C(=N\O)c3csc(N)n3)[C@@H]2CC1)Sc1ncn[nH]1. The highest BCUT2D eigenvalue weighted by atomic mass is 32.2. The quantitative estimate of drug-likeness (QED) is 0.0835. The number of hydrogen-bond donors (Lipinski definition) is 5. The predicted octanol–water partition coefficient (Wildman–Crippen LogP) is 0.679. The number of rotatable bonds is 8. The van der Waals surface area contributed by atoms with Crippen LogP contribution in [0.5, 0.6) is 0 Å². The van der Waals surface area contributed by atoms with Crippen molar-refractivity contribution in [1.29, 1.82) is 0 Å². The molecule has 2 aliphatic rings. The minimum Gasteiger partial charge on any atom is -0.477 e. The van der Waals surface area contributed by atoms with E-state index in [1.807, 2.05) is 6.92 Å². The lowest BCUT2D eigenvalue weighted by Gasteiger charge is -2.50. The molecule has 33 heavy (non-hydrogen) atoms. The Morgan fingerprint density at radius 2 is 2.24 bits per heavy atom.